The molecule has 1 atom stereocenters. The minimum absolute atomic E-state index is 0.0246. The van der Waals surface area contributed by atoms with Crippen molar-refractivity contribution in [3.63, 3.8) is 0 Å². The summed E-state index contributed by atoms with van der Waals surface area (Å²) in [4.78, 5) is 26.5. The van der Waals surface area contributed by atoms with E-state index >= 15 is 0 Å². The normalized spacial score (nSPS) is 19.4. The minimum atomic E-state index is -0.899. The highest BCUT2D eigenvalue weighted by atomic mass is 32.1. The number of ether oxygens (including phenoxy) is 1. The van der Waals surface area contributed by atoms with Crippen LogP contribution in [-0.4, -0.2) is 47.7 Å². The number of amides is 1. The van der Waals surface area contributed by atoms with Gasteiger partial charge in [0.15, 0.2) is 0 Å². The molecule has 0 aliphatic carbocycles. The van der Waals surface area contributed by atoms with Gasteiger partial charge in [-0.15, -0.1) is 11.3 Å². The number of hydrogen-bond acceptors (Lipinski definition) is 4. The monoisotopic (exact) mass is 283 g/mol. The van der Waals surface area contributed by atoms with Crippen LogP contribution in [0.25, 0.3) is 0 Å². The molecule has 0 saturated carbocycles. The molecular formula is C13H17NO4S. The van der Waals surface area contributed by atoms with Gasteiger partial charge in [-0.2, -0.15) is 0 Å². The van der Waals surface area contributed by atoms with Crippen LogP contribution in [-0.2, 0) is 16.0 Å². The SMILES string of the molecule is CCc1ccc(C(=O)N2CCO[C@H](CC(=O)O)C2)s1. The van der Waals surface area contributed by atoms with Crippen LogP contribution in [0.5, 0.6) is 0 Å². The molecule has 2 rings (SSSR count). The van der Waals surface area contributed by atoms with Crippen molar-refractivity contribution >= 4 is 23.2 Å². The lowest BCUT2D eigenvalue weighted by atomic mass is 10.2. The summed E-state index contributed by atoms with van der Waals surface area (Å²) in [6.07, 6.45) is 0.456. The second-order valence-electron chi connectivity index (χ2n) is 4.46. The highest BCUT2D eigenvalue weighted by Gasteiger charge is 2.27. The largest absolute Gasteiger partial charge is 0.481 e. The van der Waals surface area contributed by atoms with Crippen LogP contribution in [0.4, 0.5) is 0 Å². The second-order valence-corrected chi connectivity index (χ2v) is 5.63. The molecule has 2 heterocycles. The van der Waals surface area contributed by atoms with Gasteiger partial charge in [-0.05, 0) is 18.6 Å². The van der Waals surface area contributed by atoms with E-state index in [-0.39, 0.29) is 12.3 Å². The molecule has 0 radical (unpaired) electrons. The lowest BCUT2D eigenvalue weighted by molar-refractivity contribution is -0.141. The second kappa shape index (κ2) is 6.16. The van der Waals surface area contributed by atoms with Gasteiger partial charge in [-0.3, -0.25) is 9.59 Å². The van der Waals surface area contributed by atoms with Gasteiger partial charge in [-0.25, -0.2) is 0 Å². The Balaban J connectivity index is 2.00. The molecule has 1 aromatic heterocycles. The van der Waals surface area contributed by atoms with Crippen LogP contribution >= 0.6 is 11.3 Å². The third-order valence-electron chi connectivity index (χ3n) is 3.05. The lowest BCUT2D eigenvalue weighted by Gasteiger charge is -2.32. The molecular weight excluding hydrogens is 266 g/mol. The van der Waals surface area contributed by atoms with Gasteiger partial charge < -0.3 is 14.7 Å². The fourth-order valence-electron chi connectivity index (χ4n) is 2.06. The molecule has 6 heteroatoms. The number of aliphatic carboxylic acids is 1. The number of hydrogen-bond donors (Lipinski definition) is 1. The van der Waals surface area contributed by atoms with Crippen LogP contribution in [0, 0.1) is 0 Å². The predicted molar refractivity (Wildman–Crippen MR) is 71.6 cm³/mol. The first-order valence-electron chi connectivity index (χ1n) is 6.31. The summed E-state index contributed by atoms with van der Waals surface area (Å²) in [5.41, 5.74) is 0. The van der Waals surface area contributed by atoms with Gasteiger partial charge in [0.1, 0.15) is 0 Å². The van der Waals surface area contributed by atoms with Gasteiger partial charge >= 0.3 is 5.97 Å². The maximum Gasteiger partial charge on any atom is 0.306 e. The van der Waals surface area contributed by atoms with Gasteiger partial charge in [0.25, 0.3) is 5.91 Å². The number of thiophene rings is 1. The Kier molecular flexibility index (Phi) is 4.55. The highest BCUT2D eigenvalue weighted by molar-refractivity contribution is 7.14. The first kappa shape index (κ1) is 14.0. The predicted octanol–water partition coefficient (Wildman–Crippen LogP) is 1.63. The van der Waals surface area contributed by atoms with Gasteiger partial charge in [0.2, 0.25) is 0 Å². The van der Waals surface area contributed by atoms with Crippen LogP contribution in [0.2, 0.25) is 0 Å². The molecule has 1 saturated heterocycles. The van der Waals surface area contributed by atoms with E-state index in [1.165, 1.54) is 16.2 Å². The van der Waals surface area contributed by atoms with Crippen molar-refractivity contribution in [2.75, 3.05) is 19.7 Å². The van der Waals surface area contributed by atoms with Crippen LogP contribution < -0.4 is 0 Å². The summed E-state index contributed by atoms with van der Waals surface area (Å²) in [6.45, 7) is 3.33. The van der Waals surface area contributed by atoms with E-state index in [1.807, 2.05) is 12.1 Å². The lowest BCUT2D eigenvalue weighted by Crippen LogP contribution is -2.46. The highest BCUT2D eigenvalue weighted by Crippen LogP contribution is 2.20. The molecule has 1 aromatic rings. The number of nitrogens with zero attached hydrogens (tertiary/aromatic N) is 1. The summed E-state index contributed by atoms with van der Waals surface area (Å²) >= 11 is 1.50. The summed E-state index contributed by atoms with van der Waals surface area (Å²) < 4.78 is 5.36. The van der Waals surface area contributed by atoms with E-state index in [4.69, 9.17) is 9.84 Å². The molecule has 1 aliphatic rings. The number of carbonyl (C=O) groups is 2. The quantitative estimate of drug-likeness (QED) is 0.912. The summed E-state index contributed by atoms with van der Waals surface area (Å²) in [5, 5.41) is 8.76. The van der Waals surface area contributed by atoms with E-state index in [1.54, 1.807) is 4.90 Å². The molecule has 1 amide bonds. The van der Waals surface area contributed by atoms with Crippen molar-refractivity contribution in [1.29, 1.82) is 0 Å². The number of rotatable bonds is 4. The first-order chi connectivity index (χ1) is 9.10. The molecule has 1 fully saturated rings. The maximum atomic E-state index is 12.3. The Bertz CT molecular complexity index is 471. The Morgan fingerprint density at radius 2 is 2.32 bits per heavy atom. The minimum Gasteiger partial charge on any atom is -0.481 e. The van der Waals surface area contributed by atoms with Crippen LogP contribution in [0.15, 0.2) is 12.1 Å². The molecule has 0 bridgehead atoms. The zero-order valence-electron chi connectivity index (χ0n) is 10.8. The Morgan fingerprint density at radius 3 is 2.95 bits per heavy atom. The Hall–Kier alpha value is -1.40. The van der Waals surface area contributed by atoms with Crippen LogP contribution in [0.1, 0.15) is 27.9 Å². The molecule has 1 N–H and O–H groups in total. The maximum absolute atomic E-state index is 12.3. The number of morpholine rings is 1. The molecule has 1 aliphatic heterocycles. The fraction of sp³-hybridized carbons (Fsp3) is 0.538. The van der Waals surface area contributed by atoms with E-state index in [2.05, 4.69) is 6.92 Å². The Morgan fingerprint density at radius 1 is 1.53 bits per heavy atom. The van der Waals surface area contributed by atoms with Gasteiger partial charge in [0, 0.05) is 18.0 Å². The summed E-state index contributed by atoms with van der Waals surface area (Å²) in [6, 6.07) is 3.81. The molecule has 0 unspecified atom stereocenters. The van der Waals surface area contributed by atoms with Crippen molar-refractivity contribution < 1.29 is 19.4 Å². The number of aryl methyl sites for hydroxylation is 1. The molecule has 19 heavy (non-hydrogen) atoms. The van der Waals surface area contributed by atoms with Gasteiger partial charge in [-0.1, -0.05) is 6.92 Å². The molecule has 0 spiro atoms. The van der Waals surface area contributed by atoms with E-state index in [0.717, 1.165) is 6.42 Å². The average molecular weight is 283 g/mol. The van der Waals surface area contributed by atoms with Gasteiger partial charge in [0.05, 0.1) is 24.0 Å². The molecule has 5 nitrogen and oxygen atoms in total. The zero-order chi connectivity index (χ0) is 13.8. The molecule has 104 valence electrons. The summed E-state index contributed by atoms with van der Waals surface area (Å²) in [5.74, 6) is -0.924. The van der Waals surface area contributed by atoms with E-state index < -0.39 is 12.1 Å². The standard InChI is InChI=1S/C13H17NO4S/c1-2-10-3-4-11(19-10)13(17)14-5-6-18-9(8-14)7-12(15)16/h3-4,9H,2,5-8H2,1H3,(H,15,16)/t9-/m1/s1. The number of carboxylic acids is 1. The third kappa shape index (κ3) is 3.54. The smallest absolute Gasteiger partial charge is 0.306 e. The fourth-order valence-corrected chi connectivity index (χ4v) is 2.98. The van der Waals surface area contributed by atoms with Crippen molar-refractivity contribution in [2.45, 2.75) is 25.9 Å². The van der Waals surface area contributed by atoms with Crippen molar-refractivity contribution in [1.82, 2.24) is 4.90 Å². The first-order valence-corrected chi connectivity index (χ1v) is 7.13. The zero-order valence-corrected chi connectivity index (χ0v) is 11.6. The summed E-state index contributed by atoms with van der Waals surface area (Å²) in [7, 11) is 0. The topological polar surface area (TPSA) is 66.8 Å². The van der Waals surface area contributed by atoms with Crippen LogP contribution in [0.3, 0.4) is 0 Å². The number of carbonyl (C=O) groups excluding carboxylic acids is 1. The Labute approximate surface area is 115 Å². The third-order valence-corrected chi connectivity index (χ3v) is 4.27. The van der Waals surface area contributed by atoms with Crippen molar-refractivity contribution in [2.24, 2.45) is 0 Å². The molecule has 0 aromatic carbocycles. The number of carboxylic acid groups (broad SMARTS) is 1. The average Bonchev–Trinajstić information content (AvgIpc) is 2.86. The van der Waals surface area contributed by atoms with Crippen molar-refractivity contribution in [3.05, 3.63) is 21.9 Å². The van der Waals surface area contributed by atoms with E-state index in [0.29, 0.717) is 24.6 Å². The van der Waals surface area contributed by atoms with Crippen molar-refractivity contribution in [3.8, 4) is 0 Å². The van der Waals surface area contributed by atoms with E-state index in [9.17, 15) is 9.59 Å².